The van der Waals surface area contributed by atoms with Crippen molar-refractivity contribution in [1.82, 2.24) is 0 Å². The van der Waals surface area contributed by atoms with Crippen LogP contribution in [-0.4, -0.2) is 0 Å². The molecule has 0 radical (unpaired) electrons. The zero-order chi connectivity index (χ0) is 30.4. The minimum Gasteiger partial charge on any atom is -0.317 e. The van der Waals surface area contributed by atoms with Crippen LogP contribution in [0.15, 0.2) is 175 Å². The summed E-state index contributed by atoms with van der Waals surface area (Å²) < 4.78 is 0. The summed E-state index contributed by atoms with van der Waals surface area (Å²) in [7, 11) is 0. The first-order valence-corrected chi connectivity index (χ1v) is 15.9. The molecule has 0 bridgehead atoms. The molecule has 2 atom stereocenters. The van der Waals surface area contributed by atoms with Gasteiger partial charge in [0.05, 0.1) is 0 Å². The van der Waals surface area contributed by atoms with Crippen molar-refractivity contribution < 1.29 is 0 Å². The number of hydrogen-bond donors (Lipinski definition) is 0. The molecule has 0 saturated carbocycles. The van der Waals surface area contributed by atoms with E-state index in [9.17, 15) is 0 Å². The van der Waals surface area contributed by atoms with Crippen LogP contribution in [0.3, 0.4) is 0 Å². The van der Waals surface area contributed by atoms with Crippen molar-refractivity contribution in [3.8, 4) is 22.3 Å². The summed E-state index contributed by atoms with van der Waals surface area (Å²) in [6.45, 7) is 2.38. The quantitative estimate of drug-likeness (QED) is 0.191. The number of hydrogen-bond acceptors (Lipinski definition) is 2. The lowest BCUT2D eigenvalue weighted by Gasteiger charge is -2.26. The topological polar surface area (TPSA) is 6.48 Å². The zero-order valence-corrected chi connectivity index (χ0v) is 25.9. The van der Waals surface area contributed by atoms with Crippen LogP contribution in [0.2, 0.25) is 5.02 Å². The van der Waals surface area contributed by atoms with Crippen molar-refractivity contribution in [2.75, 3.05) is 9.80 Å². The van der Waals surface area contributed by atoms with E-state index < -0.39 is 0 Å². The minimum atomic E-state index is 0.0585. The van der Waals surface area contributed by atoms with E-state index in [4.69, 9.17) is 11.6 Å². The van der Waals surface area contributed by atoms with E-state index >= 15 is 0 Å². The molecule has 0 aromatic heterocycles. The Bertz CT molecular complexity index is 1970. The highest BCUT2D eigenvalue weighted by atomic mass is 35.5. The van der Waals surface area contributed by atoms with Crippen LogP contribution in [0.4, 0.5) is 22.7 Å². The van der Waals surface area contributed by atoms with Crippen molar-refractivity contribution in [3.63, 3.8) is 0 Å². The number of nitrogens with zero attached hydrogens (tertiary/aromatic N) is 2. The summed E-state index contributed by atoms with van der Waals surface area (Å²) in [4.78, 5) is 4.74. The highest BCUT2D eigenvalue weighted by molar-refractivity contribution is 6.30. The van der Waals surface area contributed by atoms with Crippen LogP contribution in [0, 0.1) is 11.3 Å². The second-order valence-corrected chi connectivity index (χ2v) is 12.6. The lowest BCUT2D eigenvalue weighted by Crippen LogP contribution is -2.20. The molecule has 2 nitrogen and oxygen atoms in total. The fraction of sp³-hybridized carbons (Fsp3) is 0.0952. The van der Waals surface area contributed by atoms with E-state index in [2.05, 4.69) is 162 Å². The van der Waals surface area contributed by atoms with Crippen molar-refractivity contribution in [2.45, 2.75) is 13.3 Å². The molecule has 3 aliphatic rings. The Morgan fingerprint density at radius 3 is 1.76 bits per heavy atom. The van der Waals surface area contributed by atoms with E-state index in [0.29, 0.717) is 5.92 Å². The third-order valence-corrected chi connectivity index (χ3v) is 9.76. The van der Waals surface area contributed by atoms with Gasteiger partial charge < -0.3 is 9.80 Å². The highest BCUT2D eigenvalue weighted by Gasteiger charge is 2.50. The van der Waals surface area contributed by atoms with Gasteiger partial charge in [0.1, 0.15) is 0 Å². The first-order valence-electron chi connectivity index (χ1n) is 15.6. The Hall–Kier alpha value is -5.05. The van der Waals surface area contributed by atoms with Gasteiger partial charge in [-0.3, -0.25) is 0 Å². The zero-order valence-electron chi connectivity index (χ0n) is 25.1. The Kier molecular flexibility index (Phi) is 6.81. The molecule has 1 aliphatic heterocycles. The van der Waals surface area contributed by atoms with Crippen LogP contribution >= 0.6 is 11.6 Å². The third-order valence-electron chi connectivity index (χ3n) is 9.51. The number of fused-ring (bicyclic) bond motifs is 3. The maximum atomic E-state index is 6.27. The molecule has 218 valence electrons. The smallest absolute Gasteiger partial charge is 0.0462 e. The van der Waals surface area contributed by atoms with E-state index in [1.165, 1.54) is 39.3 Å². The largest absolute Gasteiger partial charge is 0.317 e. The normalized spacial score (nSPS) is 19.6. The second-order valence-electron chi connectivity index (χ2n) is 12.2. The molecule has 1 saturated heterocycles. The molecular formula is C42H33ClN2. The van der Waals surface area contributed by atoms with Gasteiger partial charge in [0.15, 0.2) is 0 Å². The Morgan fingerprint density at radius 2 is 1.16 bits per heavy atom. The number of benzene rings is 5. The molecule has 0 amide bonds. The standard InChI is InChI=1S/C42H33ClN2/c1-42-29-7-12-41(42)45(40-11-6-5-10-39(40)42)38-25-17-33(18-26-38)32-15-23-36(24-16-32)44(37-27-19-34(43)20-28-37)35-21-13-31(14-22-35)30-8-3-2-4-9-30/h2-9,11-29,39H,10H2,1H3. The molecular weight excluding hydrogens is 568 g/mol. The predicted octanol–water partition coefficient (Wildman–Crippen LogP) is 11.9. The van der Waals surface area contributed by atoms with Gasteiger partial charge in [-0.1, -0.05) is 103 Å². The molecule has 0 N–H and O–H groups in total. The van der Waals surface area contributed by atoms with E-state index in [-0.39, 0.29) is 5.41 Å². The summed E-state index contributed by atoms with van der Waals surface area (Å²) >= 11 is 6.27. The van der Waals surface area contributed by atoms with Gasteiger partial charge in [0.2, 0.25) is 0 Å². The van der Waals surface area contributed by atoms with Gasteiger partial charge in [-0.25, -0.2) is 0 Å². The summed E-state index contributed by atoms with van der Waals surface area (Å²) in [6, 6.07) is 45.1. The number of rotatable bonds is 6. The van der Waals surface area contributed by atoms with Crippen LogP contribution < -0.4 is 9.80 Å². The molecule has 45 heavy (non-hydrogen) atoms. The first kappa shape index (κ1) is 27.5. The molecule has 3 heteroatoms. The van der Waals surface area contributed by atoms with Gasteiger partial charge >= 0.3 is 0 Å². The Labute approximate surface area is 270 Å². The third kappa shape index (κ3) is 4.83. The van der Waals surface area contributed by atoms with Crippen LogP contribution in [-0.2, 0) is 0 Å². The molecule has 2 aliphatic carbocycles. The van der Waals surface area contributed by atoms with E-state index in [0.717, 1.165) is 28.5 Å². The second kappa shape index (κ2) is 11.1. The molecule has 2 unspecified atom stereocenters. The maximum Gasteiger partial charge on any atom is 0.0462 e. The summed E-state index contributed by atoms with van der Waals surface area (Å²) in [5.74, 6) is 0.484. The minimum absolute atomic E-state index is 0.0585. The maximum absolute atomic E-state index is 6.27. The highest BCUT2D eigenvalue weighted by Crippen LogP contribution is 2.57. The fourth-order valence-electron chi connectivity index (χ4n) is 7.12. The van der Waals surface area contributed by atoms with Crippen LogP contribution in [0.25, 0.3) is 22.3 Å². The molecule has 1 fully saturated rings. The average Bonchev–Trinajstić information content (AvgIpc) is 3.60. The SMILES string of the molecule is CC12C=CC=C1N(c1ccc(-c3ccc(N(c4ccc(Cl)cc4)c4ccc(-c5ccccc5)cc4)cc3)cc1)C1=CC=CCC12. The van der Waals surface area contributed by atoms with Gasteiger partial charge in [-0.15, -0.1) is 0 Å². The number of allylic oxidation sites excluding steroid dienone is 7. The molecule has 1 heterocycles. The fourth-order valence-corrected chi connectivity index (χ4v) is 7.24. The van der Waals surface area contributed by atoms with Gasteiger partial charge in [0, 0.05) is 50.5 Å². The summed E-state index contributed by atoms with van der Waals surface area (Å²) in [5, 5.41) is 0.725. The molecule has 0 spiro atoms. The van der Waals surface area contributed by atoms with Gasteiger partial charge in [0.25, 0.3) is 0 Å². The number of halogens is 1. The molecule has 5 aromatic carbocycles. The lowest BCUT2D eigenvalue weighted by molar-refractivity contribution is 0.399. The molecule has 8 rings (SSSR count). The van der Waals surface area contributed by atoms with Crippen LogP contribution in [0.5, 0.6) is 0 Å². The predicted molar refractivity (Wildman–Crippen MR) is 190 cm³/mol. The Morgan fingerprint density at radius 1 is 0.622 bits per heavy atom. The Balaban J connectivity index is 1.09. The van der Waals surface area contributed by atoms with Crippen molar-refractivity contribution >= 4 is 34.4 Å². The van der Waals surface area contributed by atoms with E-state index in [1.54, 1.807) is 0 Å². The number of anilines is 4. The van der Waals surface area contributed by atoms with Crippen molar-refractivity contribution in [1.29, 1.82) is 0 Å². The average molecular weight is 601 g/mol. The summed E-state index contributed by atoms with van der Waals surface area (Å²) in [6.07, 6.45) is 14.8. The first-order chi connectivity index (χ1) is 22.1. The monoisotopic (exact) mass is 600 g/mol. The van der Waals surface area contributed by atoms with Gasteiger partial charge in [-0.05, 0) is 108 Å². The lowest BCUT2D eigenvalue weighted by atomic mass is 9.75. The summed E-state index contributed by atoms with van der Waals surface area (Å²) in [5.41, 5.74) is 12.1. The van der Waals surface area contributed by atoms with E-state index in [1.807, 2.05) is 18.2 Å². The molecule has 5 aromatic rings. The van der Waals surface area contributed by atoms with Gasteiger partial charge in [-0.2, -0.15) is 0 Å². The van der Waals surface area contributed by atoms with Crippen molar-refractivity contribution in [2.24, 2.45) is 11.3 Å². The van der Waals surface area contributed by atoms with Crippen molar-refractivity contribution in [3.05, 3.63) is 180 Å². The van der Waals surface area contributed by atoms with Crippen LogP contribution in [0.1, 0.15) is 13.3 Å².